The van der Waals surface area contributed by atoms with E-state index in [0.717, 1.165) is 27.9 Å². The first kappa shape index (κ1) is 12.1. The highest BCUT2D eigenvalue weighted by molar-refractivity contribution is 9.10. The molecule has 0 aromatic carbocycles. The highest BCUT2D eigenvalue weighted by Gasteiger charge is 2.05. The van der Waals surface area contributed by atoms with E-state index in [1.807, 2.05) is 39.0 Å². The Hall–Kier alpha value is -0.960. The molecule has 0 bridgehead atoms. The number of rotatable bonds is 3. The van der Waals surface area contributed by atoms with Crippen molar-refractivity contribution in [2.24, 2.45) is 0 Å². The Morgan fingerprint density at radius 3 is 2.60 bits per heavy atom. The molecule has 3 heteroatoms. The molecule has 0 radical (unpaired) electrons. The van der Waals surface area contributed by atoms with Gasteiger partial charge in [0.2, 0.25) is 0 Å². The molecule has 0 aliphatic carbocycles. The molecule has 80 valence electrons. The minimum Gasteiger partial charge on any atom is -0.305 e. The van der Waals surface area contributed by atoms with E-state index in [1.165, 1.54) is 0 Å². The zero-order valence-corrected chi connectivity index (χ0v) is 10.9. The van der Waals surface area contributed by atoms with E-state index in [4.69, 9.17) is 5.41 Å². The number of nitrogens with one attached hydrogen (secondary N) is 1. The molecule has 1 aromatic heterocycles. The predicted octanol–water partition coefficient (Wildman–Crippen LogP) is 4.07. The molecule has 0 amide bonds. The van der Waals surface area contributed by atoms with Crippen LogP contribution in [0, 0.1) is 5.41 Å². The van der Waals surface area contributed by atoms with Gasteiger partial charge in [-0.3, -0.25) is 0 Å². The Morgan fingerprint density at radius 2 is 2.07 bits per heavy atom. The Bertz CT molecular complexity index is 408. The van der Waals surface area contributed by atoms with E-state index in [0.29, 0.717) is 5.71 Å². The molecule has 0 atom stereocenters. The number of halogens is 1. The molecule has 15 heavy (non-hydrogen) atoms. The van der Waals surface area contributed by atoms with Crippen LogP contribution in [0.2, 0.25) is 0 Å². The summed E-state index contributed by atoms with van der Waals surface area (Å²) in [6, 6.07) is 5.82. The largest absolute Gasteiger partial charge is 0.305 e. The zero-order chi connectivity index (χ0) is 11.4. The Morgan fingerprint density at radius 1 is 1.40 bits per heavy atom. The fourth-order valence-corrected chi connectivity index (χ4v) is 1.64. The first-order valence-corrected chi connectivity index (χ1v) is 5.73. The molecular weight excluding hydrogens is 252 g/mol. The monoisotopic (exact) mass is 266 g/mol. The third-order valence-electron chi connectivity index (χ3n) is 2.47. The zero-order valence-electron chi connectivity index (χ0n) is 9.26. The summed E-state index contributed by atoms with van der Waals surface area (Å²) >= 11 is 3.35. The molecule has 1 N–H and O–H groups in total. The summed E-state index contributed by atoms with van der Waals surface area (Å²) in [6.07, 6.45) is 0.761. The third kappa shape index (κ3) is 2.99. The highest BCUT2D eigenvalue weighted by Crippen LogP contribution is 2.19. The lowest BCUT2D eigenvalue weighted by atomic mass is 10.0. The van der Waals surface area contributed by atoms with Gasteiger partial charge >= 0.3 is 0 Å². The van der Waals surface area contributed by atoms with Crippen LogP contribution in [0.25, 0.3) is 5.57 Å². The minimum absolute atomic E-state index is 0.675. The Kier molecular flexibility index (Phi) is 4.21. The van der Waals surface area contributed by atoms with Gasteiger partial charge in [-0.25, -0.2) is 4.98 Å². The first-order valence-electron chi connectivity index (χ1n) is 4.94. The van der Waals surface area contributed by atoms with E-state index < -0.39 is 0 Å². The van der Waals surface area contributed by atoms with Gasteiger partial charge in [0.25, 0.3) is 0 Å². The van der Waals surface area contributed by atoms with Crippen molar-refractivity contribution in [1.29, 1.82) is 5.41 Å². The number of allylic oxidation sites excluding steroid dienone is 2. The fourth-order valence-electron chi connectivity index (χ4n) is 1.30. The molecule has 0 spiro atoms. The average Bonchev–Trinajstić information content (AvgIpc) is 2.26. The van der Waals surface area contributed by atoms with Gasteiger partial charge in [-0.05, 0) is 59.5 Å². The van der Waals surface area contributed by atoms with Crippen LogP contribution in [0.5, 0.6) is 0 Å². The Labute approximate surface area is 99.1 Å². The summed E-state index contributed by atoms with van der Waals surface area (Å²) in [5, 5.41) is 7.78. The van der Waals surface area contributed by atoms with Crippen molar-refractivity contribution in [2.75, 3.05) is 0 Å². The van der Waals surface area contributed by atoms with Gasteiger partial charge in [-0.1, -0.05) is 13.0 Å². The lowest BCUT2D eigenvalue weighted by Gasteiger charge is -2.07. The number of nitrogens with zero attached hydrogens (tertiary/aromatic N) is 1. The molecular formula is C12H15BrN2. The molecule has 0 saturated heterocycles. The van der Waals surface area contributed by atoms with Gasteiger partial charge in [0.15, 0.2) is 0 Å². The summed E-state index contributed by atoms with van der Waals surface area (Å²) in [5.74, 6) is 0. The van der Waals surface area contributed by atoms with Gasteiger partial charge in [-0.2, -0.15) is 0 Å². The van der Waals surface area contributed by atoms with Gasteiger partial charge in [-0.15, -0.1) is 0 Å². The van der Waals surface area contributed by atoms with Crippen LogP contribution >= 0.6 is 15.9 Å². The van der Waals surface area contributed by atoms with E-state index in [-0.39, 0.29) is 0 Å². The molecule has 0 aliphatic heterocycles. The average molecular weight is 267 g/mol. The molecule has 2 nitrogen and oxygen atoms in total. The molecule has 1 heterocycles. The van der Waals surface area contributed by atoms with Crippen LogP contribution in [0.1, 0.15) is 32.9 Å². The molecule has 0 unspecified atom stereocenters. The maximum atomic E-state index is 7.78. The third-order valence-corrected chi connectivity index (χ3v) is 2.91. The summed E-state index contributed by atoms with van der Waals surface area (Å²) in [6.45, 7) is 5.98. The quantitative estimate of drug-likeness (QED) is 0.650. The van der Waals surface area contributed by atoms with Crippen LogP contribution in [0.4, 0.5) is 0 Å². The van der Waals surface area contributed by atoms with Crippen LogP contribution < -0.4 is 0 Å². The van der Waals surface area contributed by atoms with E-state index in [9.17, 15) is 0 Å². The van der Waals surface area contributed by atoms with Crippen molar-refractivity contribution in [1.82, 2.24) is 4.98 Å². The summed E-state index contributed by atoms with van der Waals surface area (Å²) in [4.78, 5) is 4.37. The maximum Gasteiger partial charge on any atom is 0.106 e. The van der Waals surface area contributed by atoms with E-state index in [2.05, 4.69) is 20.9 Å². The molecule has 0 saturated carbocycles. The van der Waals surface area contributed by atoms with Crippen LogP contribution in [-0.2, 0) is 0 Å². The van der Waals surface area contributed by atoms with Crippen molar-refractivity contribution < 1.29 is 0 Å². The maximum absolute atomic E-state index is 7.78. The van der Waals surface area contributed by atoms with E-state index in [1.54, 1.807) is 0 Å². The first-order chi connectivity index (χ1) is 7.06. The predicted molar refractivity (Wildman–Crippen MR) is 68.2 cm³/mol. The molecule has 1 rings (SSSR count). The smallest absolute Gasteiger partial charge is 0.106 e. The van der Waals surface area contributed by atoms with Gasteiger partial charge < -0.3 is 5.41 Å². The minimum atomic E-state index is 0.675. The van der Waals surface area contributed by atoms with Gasteiger partial charge in [0, 0.05) is 5.71 Å². The van der Waals surface area contributed by atoms with Crippen LogP contribution in [-0.4, -0.2) is 10.7 Å². The van der Waals surface area contributed by atoms with Crippen molar-refractivity contribution in [3.8, 4) is 0 Å². The second-order valence-electron chi connectivity index (χ2n) is 3.43. The van der Waals surface area contributed by atoms with Gasteiger partial charge in [0.05, 0.1) is 5.69 Å². The van der Waals surface area contributed by atoms with Crippen molar-refractivity contribution in [3.63, 3.8) is 0 Å². The molecule has 1 aromatic rings. The second-order valence-corrected chi connectivity index (χ2v) is 4.24. The molecule has 0 aliphatic rings. The van der Waals surface area contributed by atoms with Crippen molar-refractivity contribution >= 4 is 27.2 Å². The normalized spacial score (nSPS) is 12.3. The summed E-state index contributed by atoms with van der Waals surface area (Å²) in [7, 11) is 0. The molecule has 0 fully saturated rings. The standard InChI is InChI=1S/C12H15BrN2/c1-4-10(14)8(2)9(3)11-6-5-7-12(13)15-11/h5-7,14H,4H2,1-3H3/b9-8+,14-10?. The Balaban J connectivity index is 3.13. The number of aromatic nitrogens is 1. The lowest BCUT2D eigenvalue weighted by molar-refractivity contribution is 1.20. The van der Waals surface area contributed by atoms with E-state index >= 15 is 0 Å². The lowest BCUT2D eigenvalue weighted by Crippen LogP contribution is -1.99. The van der Waals surface area contributed by atoms with Crippen molar-refractivity contribution in [2.45, 2.75) is 27.2 Å². The fraction of sp³-hybridized carbons (Fsp3) is 0.333. The topological polar surface area (TPSA) is 36.7 Å². The second kappa shape index (κ2) is 5.21. The van der Waals surface area contributed by atoms with Crippen LogP contribution in [0.15, 0.2) is 28.4 Å². The SMILES string of the molecule is CCC(=N)/C(C)=C(\C)c1cccc(Br)n1. The number of hydrogen-bond donors (Lipinski definition) is 1. The summed E-state index contributed by atoms with van der Waals surface area (Å²) < 4.78 is 0.829. The summed E-state index contributed by atoms with van der Waals surface area (Å²) in [5.41, 5.74) is 3.70. The van der Waals surface area contributed by atoms with Crippen molar-refractivity contribution in [3.05, 3.63) is 34.1 Å². The van der Waals surface area contributed by atoms with Crippen LogP contribution in [0.3, 0.4) is 0 Å². The number of hydrogen-bond acceptors (Lipinski definition) is 2. The number of pyridine rings is 1. The highest BCUT2D eigenvalue weighted by atomic mass is 79.9. The van der Waals surface area contributed by atoms with Gasteiger partial charge in [0.1, 0.15) is 4.60 Å².